The molecule has 0 atom stereocenters. The zero-order chi connectivity index (χ0) is 27.8. The maximum atomic E-state index is 13.9. The first-order valence-corrected chi connectivity index (χ1v) is 23.2. The molecule has 0 aromatic heterocycles. The van der Waals surface area contributed by atoms with Crippen molar-refractivity contribution in [2.24, 2.45) is 0 Å². The fourth-order valence-electron chi connectivity index (χ4n) is 3.60. The van der Waals surface area contributed by atoms with E-state index >= 15 is 0 Å². The predicted molar refractivity (Wildman–Crippen MR) is 168 cm³/mol. The molecule has 0 aliphatic rings. The minimum atomic E-state index is -2.85. The zero-order valence-electron chi connectivity index (χ0n) is 23.8. The molecule has 0 radical (unpaired) electrons. The zero-order valence-corrected chi connectivity index (χ0v) is 26.4. The monoisotopic (exact) mass is 558 g/mol. The van der Waals surface area contributed by atoms with Crippen LogP contribution in [0.4, 0.5) is 12.6 Å². The molecule has 0 fully saturated rings. The third-order valence-electron chi connectivity index (χ3n) is 4.68. The predicted octanol–water partition coefficient (Wildman–Crippen LogP) is 10.5. The van der Waals surface area contributed by atoms with Crippen molar-refractivity contribution in [1.29, 1.82) is 0 Å². The Kier molecular flexibility index (Phi) is 10.6. The van der Waals surface area contributed by atoms with Gasteiger partial charge >= 0.3 is 219 Å². The second-order valence-electron chi connectivity index (χ2n) is 13.7. The van der Waals surface area contributed by atoms with Crippen molar-refractivity contribution in [3.63, 3.8) is 0 Å². The second-order valence-corrected chi connectivity index (χ2v) is 32.1. The number of halogens is 3. The Morgan fingerprint density at radius 1 is 0.361 bits per heavy atom. The normalized spacial score (nSPS) is 15.2. The van der Waals surface area contributed by atoms with Crippen molar-refractivity contribution in [2.45, 2.75) is 18.5 Å². The third kappa shape index (κ3) is 19.9. The van der Waals surface area contributed by atoms with Crippen LogP contribution in [-0.4, -0.2) is 60.0 Å². The van der Waals surface area contributed by atoms with E-state index in [0.29, 0.717) is 18.5 Å². The van der Waals surface area contributed by atoms with Crippen molar-refractivity contribution in [1.82, 2.24) is 0 Å². The van der Waals surface area contributed by atoms with Gasteiger partial charge in [0.2, 0.25) is 0 Å². The molecule has 0 bridgehead atoms. The average molecular weight is 559 g/mol. The summed E-state index contributed by atoms with van der Waals surface area (Å²) in [4.78, 5) is 0. The van der Waals surface area contributed by atoms with E-state index in [1.807, 2.05) is 91.0 Å². The summed E-state index contributed by atoms with van der Waals surface area (Å²) in [6.45, 7) is 7.18. The molecule has 0 spiro atoms. The van der Waals surface area contributed by atoms with Crippen molar-refractivity contribution >= 4 is 20.7 Å². The van der Waals surface area contributed by atoms with Crippen LogP contribution in [0.15, 0.2) is 91.0 Å². The van der Waals surface area contributed by atoms with Crippen LogP contribution in [0.2, 0.25) is 0 Å². The van der Waals surface area contributed by atoms with Gasteiger partial charge in [-0.25, -0.2) is 0 Å². The molecule has 0 unspecified atom stereocenters. The van der Waals surface area contributed by atoms with E-state index < -0.39 is 20.7 Å². The van der Waals surface area contributed by atoms with Crippen molar-refractivity contribution in [3.05, 3.63) is 108 Å². The Morgan fingerprint density at radius 2 is 0.528 bits per heavy atom. The van der Waals surface area contributed by atoms with E-state index in [4.69, 9.17) is 0 Å². The van der Waals surface area contributed by atoms with Gasteiger partial charge in [-0.3, -0.25) is 0 Å². The first-order valence-electron chi connectivity index (χ1n) is 12.3. The number of hydrogen-bond donors (Lipinski definition) is 0. The van der Waals surface area contributed by atoms with E-state index in [0.717, 1.165) is 16.7 Å². The second kappa shape index (κ2) is 11.6. The Bertz CT molecular complexity index is 888. The quantitative estimate of drug-likeness (QED) is 0.264. The number of benzene rings is 3. The molecule has 3 aromatic carbocycles. The van der Waals surface area contributed by atoms with Gasteiger partial charge in [0.1, 0.15) is 0 Å². The van der Waals surface area contributed by atoms with Gasteiger partial charge in [0.05, 0.1) is 0 Å². The van der Waals surface area contributed by atoms with Crippen molar-refractivity contribution in [2.75, 3.05) is 60.0 Å². The van der Waals surface area contributed by atoms with Crippen LogP contribution >= 0.6 is 20.7 Å². The van der Waals surface area contributed by atoms with Gasteiger partial charge in [-0.15, -0.1) is 0 Å². The molecule has 0 amide bonds. The van der Waals surface area contributed by atoms with E-state index in [1.165, 1.54) is 0 Å². The van der Waals surface area contributed by atoms with E-state index in [2.05, 4.69) is 0 Å². The topological polar surface area (TPSA) is 0 Å². The van der Waals surface area contributed by atoms with Crippen molar-refractivity contribution in [3.8, 4) is 0 Å². The summed E-state index contributed by atoms with van der Waals surface area (Å²) in [5.41, 5.74) is 3.31. The summed E-state index contributed by atoms with van der Waals surface area (Å²) in [5, 5.41) is 0. The van der Waals surface area contributed by atoms with Crippen LogP contribution in [0, 0.1) is 0 Å². The fourth-order valence-corrected chi connectivity index (χ4v) is 7.93. The van der Waals surface area contributed by atoms with E-state index in [1.54, 1.807) is 60.0 Å². The minimum absolute atomic E-state index is 0.590. The van der Waals surface area contributed by atoms with Crippen LogP contribution in [0.1, 0.15) is 16.7 Å². The molecule has 204 valence electrons. The van der Waals surface area contributed by atoms with Crippen LogP contribution in [0.3, 0.4) is 0 Å². The Balaban J connectivity index is 0.000000270. The maximum absolute atomic E-state index is 13.9. The Morgan fingerprint density at radius 3 is 0.667 bits per heavy atom. The Hall–Kier alpha value is -1.26. The number of hydrogen-bond acceptors (Lipinski definition) is 0. The summed E-state index contributed by atoms with van der Waals surface area (Å²) >= 11 is 0. The summed E-state index contributed by atoms with van der Waals surface area (Å²) in [5.74, 6) is 0. The van der Waals surface area contributed by atoms with Gasteiger partial charge in [0.15, 0.2) is 0 Å². The molecule has 0 saturated carbocycles. The van der Waals surface area contributed by atoms with E-state index in [-0.39, 0.29) is 0 Å². The molecule has 0 nitrogen and oxygen atoms in total. The molecule has 0 N–H and O–H groups in total. The first-order chi connectivity index (χ1) is 16.0. The first kappa shape index (κ1) is 32.8. The van der Waals surface area contributed by atoms with Gasteiger partial charge in [0.25, 0.3) is 0 Å². The average Bonchev–Trinajstić information content (AvgIpc) is 2.65. The summed E-state index contributed by atoms with van der Waals surface area (Å²) < 4.78 is 41.7. The molecule has 3 rings (SSSR count). The molecule has 3 aromatic rings. The molecule has 36 heavy (non-hydrogen) atoms. The van der Waals surface area contributed by atoms with Gasteiger partial charge in [-0.05, 0) is 0 Å². The summed E-state index contributed by atoms with van der Waals surface area (Å²) in [6, 6.07) is 29.5. The van der Waals surface area contributed by atoms with Gasteiger partial charge in [0, 0.05) is 0 Å². The van der Waals surface area contributed by atoms with Crippen LogP contribution in [0.5, 0.6) is 0 Å². The standard InChI is InChI=1S/3C10H16FP/c3*1-12(2,3,11)9-10-7-5-4-6-8-10/h3*4-8H,9H2,1-3H3. The molecule has 0 heterocycles. The van der Waals surface area contributed by atoms with Crippen LogP contribution in [0.25, 0.3) is 0 Å². The molecule has 6 heteroatoms. The van der Waals surface area contributed by atoms with Gasteiger partial charge in [-0.1, -0.05) is 0 Å². The molecular weight excluding hydrogens is 510 g/mol. The van der Waals surface area contributed by atoms with E-state index in [9.17, 15) is 12.6 Å². The number of rotatable bonds is 6. The van der Waals surface area contributed by atoms with Crippen LogP contribution in [-0.2, 0) is 18.5 Å². The SMILES string of the molecule is CP(C)(C)(F)Cc1ccccc1.CP(C)(C)(F)Cc1ccccc1.CP(C)(C)(F)Cc1ccccc1. The fraction of sp³-hybridized carbons (Fsp3) is 0.400. The van der Waals surface area contributed by atoms with Crippen molar-refractivity contribution < 1.29 is 12.6 Å². The van der Waals surface area contributed by atoms with Crippen LogP contribution < -0.4 is 0 Å². The molecule has 0 aliphatic heterocycles. The Labute approximate surface area is 219 Å². The molecule has 0 saturated heterocycles. The summed E-state index contributed by atoms with van der Waals surface area (Å²) in [6.07, 6.45) is 1.77. The van der Waals surface area contributed by atoms with Gasteiger partial charge < -0.3 is 0 Å². The molecular formula is C30H48F3P3. The summed E-state index contributed by atoms with van der Waals surface area (Å²) in [7, 11) is 0. The molecule has 0 aliphatic carbocycles. The third-order valence-corrected chi connectivity index (χ3v) is 8.98. The van der Waals surface area contributed by atoms with Gasteiger partial charge in [-0.2, -0.15) is 0 Å².